The highest BCUT2D eigenvalue weighted by Crippen LogP contribution is 2.27. The number of aryl methyl sites for hydroxylation is 1. The molecule has 0 aliphatic heterocycles. The molecular weight excluding hydrogens is 262 g/mol. The van der Waals surface area contributed by atoms with Crippen LogP contribution < -0.4 is 11.1 Å². The lowest BCUT2D eigenvalue weighted by atomic mass is 10.1. The van der Waals surface area contributed by atoms with Crippen LogP contribution in [-0.2, 0) is 4.79 Å². The van der Waals surface area contributed by atoms with Gasteiger partial charge in [-0.3, -0.25) is 4.79 Å². The van der Waals surface area contributed by atoms with Crippen molar-refractivity contribution in [1.82, 2.24) is 4.90 Å². The maximum absolute atomic E-state index is 12.0. The van der Waals surface area contributed by atoms with Gasteiger partial charge in [-0.1, -0.05) is 6.92 Å². The average molecular weight is 289 g/mol. The molecule has 4 nitrogen and oxygen atoms in total. The Morgan fingerprint density at radius 3 is 2.76 bits per heavy atom. The molecule has 0 unspecified atom stereocenters. The zero-order chi connectivity index (χ0) is 15.2. The second-order valence-electron chi connectivity index (χ2n) is 5.99. The van der Waals surface area contributed by atoms with E-state index in [-0.39, 0.29) is 5.91 Å². The predicted octanol–water partition coefficient (Wildman–Crippen LogP) is 3.17. The lowest BCUT2D eigenvalue weighted by Crippen LogP contribution is -2.28. The number of hydrogen-bond acceptors (Lipinski definition) is 3. The van der Waals surface area contributed by atoms with Crippen LogP contribution in [0, 0.1) is 6.92 Å². The summed E-state index contributed by atoms with van der Waals surface area (Å²) in [6, 6.07) is 6.35. The number of nitrogens with zero attached hydrogens (tertiary/aromatic N) is 1. The van der Waals surface area contributed by atoms with Gasteiger partial charge in [0.25, 0.3) is 0 Å². The molecule has 0 spiro atoms. The smallest absolute Gasteiger partial charge is 0.224 e. The highest BCUT2D eigenvalue weighted by molar-refractivity contribution is 5.91. The Balaban J connectivity index is 1.74. The summed E-state index contributed by atoms with van der Waals surface area (Å²) in [6.45, 7) is 6.37. The normalized spacial score (nSPS) is 14.4. The molecule has 1 fully saturated rings. The molecule has 1 aromatic rings. The molecule has 0 atom stereocenters. The highest BCUT2D eigenvalue weighted by atomic mass is 16.1. The summed E-state index contributed by atoms with van der Waals surface area (Å²) in [5.74, 6) is 0.0927. The predicted molar refractivity (Wildman–Crippen MR) is 88.3 cm³/mol. The number of hydrogen-bond donors (Lipinski definition) is 2. The van der Waals surface area contributed by atoms with Crippen LogP contribution in [0.3, 0.4) is 0 Å². The Bertz CT molecular complexity index is 483. The Labute approximate surface area is 127 Å². The third-order valence-electron chi connectivity index (χ3n) is 3.95. The fraction of sp³-hybridized carbons (Fsp3) is 0.588. The summed E-state index contributed by atoms with van der Waals surface area (Å²) in [7, 11) is 0. The van der Waals surface area contributed by atoms with Gasteiger partial charge in [-0.25, -0.2) is 0 Å². The number of amides is 1. The molecule has 2 rings (SSSR count). The van der Waals surface area contributed by atoms with Gasteiger partial charge >= 0.3 is 0 Å². The third-order valence-corrected chi connectivity index (χ3v) is 3.95. The van der Waals surface area contributed by atoms with Crippen LogP contribution in [0.4, 0.5) is 11.4 Å². The van der Waals surface area contributed by atoms with Crippen molar-refractivity contribution in [2.75, 3.05) is 24.1 Å². The molecule has 0 bridgehead atoms. The minimum Gasteiger partial charge on any atom is -0.399 e. The van der Waals surface area contributed by atoms with Gasteiger partial charge in [-0.05, 0) is 69.5 Å². The van der Waals surface area contributed by atoms with Crippen LogP contribution in [0.1, 0.15) is 44.6 Å². The molecule has 1 aliphatic rings. The van der Waals surface area contributed by atoms with Crippen LogP contribution in [0.2, 0.25) is 0 Å². The third kappa shape index (κ3) is 5.05. The van der Waals surface area contributed by atoms with Crippen LogP contribution in [0.15, 0.2) is 18.2 Å². The topological polar surface area (TPSA) is 58.4 Å². The Hall–Kier alpha value is -1.55. The SMILES string of the molecule is CCCN(CCCC(=O)Nc1ccc(N)cc1C)C1CC1. The Morgan fingerprint density at radius 2 is 2.14 bits per heavy atom. The number of anilines is 2. The first kappa shape index (κ1) is 15.8. The fourth-order valence-corrected chi connectivity index (χ4v) is 2.69. The first-order valence-corrected chi connectivity index (χ1v) is 8.00. The summed E-state index contributed by atoms with van der Waals surface area (Å²) in [5.41, 5.74) is 8.31. The lowest BCUT2D eigenvalue weighted by molar-refractivity contribution is -0.116. The fourth-order valence-electron chi connectivity index (χ4n) is 2.69. The van der Waals surface area contributed by atoms with Gasteiger partial charge in [0.2, 0.25) is 5.91 Å². The van der Waals surface area contributed by atoms with E-state index in [0.717, 1.165) is 42.5 Å². The van der Waals surface area contributed by atoms with Gasteiger partial charge < -0.3 is 16.0 Å². The standard InChI is InChI=1S/C17H27N3O/c1-3-10-20(15-7-8-15)11-4-5-17(21)19-16-9-6-14(18)12-13(16)2/h6,9,12,15H,3-5,7-8,10-11,18H2,1-2H3,(H,19,21). The van der Waals surface area contributed by atoms with Gasteiger partial charge in [-0.2, -0.15) is 0 Å². The van der Waals surface area contributed by atoms with Crippen molar-refractivity contribution in [1.29, 1.82) is 0 Å². The number of benzene rings is 1. The molecule has 116 valence electrons. The first-order valence-electron chi connectivity index (χ1n) is 8.00. The van der Waals surface area contributed by atoms with Crippen molar-refractivity contribution in [3.8, 4) is 0 Å². The molecule has 0 saturated heterocycles. The van der Waals surface area contributed by atoms with E-state index in [1.165, 1.54) is 19.3 Å². The number of nitrogen functional groups attached to an aromatic ring is 1. The molecule has 0 aromatic heterocycles. The average Bonchev–Trinajstić information content (AvgIpc) is 3.25. The number of nitrogens with two attached hydrogens (primary N) is 1. The van der Waals surface area contributed by atoms with Crippen LogP contribution in [0.25, 0.3) is 0 Å². The molecule has 0 heterocycles. The van der Waals surface area contributed by atoms with Gasteiger partial charge in [0.1, 0.15) is 0 Å². The summed E-state index contributed by atoms with van der Waals surface area (Å²) >= 11 is 0. The first-order chi connectivity index (χ1) is 10.1. The molecule has 1 amide bonds. The second-order valence-corrected chi connectivity index (χ2v) is 5.99. The van der Waals surface area contributed by atoms with Crippen molar-refractivity contribution in [3.63, 3.8) is 0 Å². The number of carbonyl (C=O) groups excluding carboxylic acids is 1. The lowest BCUT2D eigenvalue weighted by Gasteiger charge is -2.20. The van der Waals surface area contributed by atoms with Crippen molar-refractivity contribution in [2.45, 2.75) is 52.0 Å². The van der Waals surface area contributed by atoms with E-state index in [1.54, 1.807) is 0 Å². The molecule has 1 saturated carbocycles. The zero-order valence-corrected chi connectivity index (χ0v) is 13.2. The molecule has 0 radical (unpaired) electrons. The number of nitrogens with one attached hydrogen (secondary N) is 1. The highest BCUT2D eigenvalue weighted by Gasteiger charge is 2.27. The maximum atomic E-state index is 12.0. The summed E-state index contributed by atoms with van der Waals surface area (Å²) in [5, 5.41) is 2.97. The second kappa shape index (κ2) is 7.46. The number of rotatable bonds is 8. The Morgan fingerprint density at radius 1 is 1.38 bits per heavy atom. The van der Waals surface area contributed by atoms with E-state index in [1.807, 2.05) is 25.1 Å². The Kier molecular flexibility index (Phi) is 5.62. The van der Waals surface area contributed by atoms with Crippen LogP contribution in [-0.4, -0.2) is 29.9 Å². The van der Waals surface area contributed by atoms with E-state index < -0.39 is 0 Å². The van der Waals surface area contributed by atoms with Gasteiger partial charge in [-0.15, -0.1) is 0 Å². The molecule has 4 heteroatoms. The monoisotopic (exact) mass is 289 g/mol. The van der Waals surface area contributed by atoms with Gasteiger partial charge in [0, 0.05) is 23.8 Å². The van der Waals surface area contributed by atoms with Crippen molar-refractivity contribution in [3.05, 3.63) is 23.8 Å². The van der Waals surface area contributed by atoms with Crippen LogP contribution >= 0.6 is 0 Å². The molecular formula is C17H27N3O. The zero-order valence-electron chi connectivity index (χ0n) is 13.2. The molecule has 1 aliphatic carbocycles. The van der Waals surface area contributed by atoms with Crippen LogP contribution in [0.5, 0.6) is 0 Å². The minimum absolute atomic E-state index is 0.0927. The largest absolute Gasteiger partial charge is 0.399 e. The summed E-state index contributed by atoms with van der Waals surface area (Å²) < 4.78 is 0. The number of carbonyl (C=O) groups is 1. The summed E-state index contributed by atoms with van der Waals surface area (Å²) in [6.07, 6.45) is 5.36. The van der Waals surface area contributed by atoms with Crippen molar-refractivity contribution < 1.29 is 4.79 Å². The van der Waals surface area contributed by atoms with E-state index in [4.69, 9.17) is 5.73 Å². The minimum atomic E-state index is 0.0927. The molecule has 3 N–H and O–H groups in total. The molecule has 21 heavy (non-hydrogen) atoms. The van der Waals surface area contributed by atoms with Gasteiger partial charge in [0.05, 0.1) is 0 Å². The molecule has 1 aromatic carbocycles. The van der Waals surface area contributed by atoms with E-state index in [9.17, 15) is 4.79 Å². The van der Waals surface area contributed by atoms with E-state index in [2.05, 4.69) is 17.1 Å². The van der Waals surface area contributed by atoms with E-state index >= 15 is 0 Å². The maximum Gasteiger partial charge on any atom is 0.224 e. The van der Waals surface area contributed by atoms with Crippen molar-refractivity contribution >= 4 is 17.3 Å². The quantitative estimate of drug-likeness (QED) is 0.723. The summed E-state index contributed by atoms with van der Waals surface area (Å²) in [4.78, 5) is 14.5. The van der Waals surface area contributed by atoms with E-state index in [0.29, 0.717) is 6.42 Å². The van der Waals surface area contributed by atoms with Crippen molar-refractivity contribution in [2.24, 2.45) is 0 Å². The van der Waals surface area contributed by atoms with Gasteiger partial charge in [0.15, 0.2) is 0 Å².